The van der Waals surface area contributed by atoms with Gasteiger partial charge in [0.25, 0.3) is 0 Å². The second-order valence-corrected chi connectivity index (χ2v) is 7.57. The van der Waals surface area contributed by atoms with Gasteiger partial charge in [-0.25, -0.2) is 10.2 Å². The van der Waals surface area contributed by atoms with E-state index in [1.54, 1.807) is 72.8 Å². The first-order valence-electron chi connectivity index (χ1n) is 11.3. The topological polar surface area (TPSA) is 115 Å². The molecule has 0 aliphatic carbocycles. The quantitative estimate of drug-likeness (QED) is 0.110. The molecule has 3 aromatic carbocycles. The van der Waals surface area contributed by atoms with Crippen LogP contribution in [0.5, 0.6) is 17.2 Å². The lowest BCUT2D eigenvalue weighted by Gasteiger charge is -2.07. The zero-order valence-electron chi connectivity index (χ0n) is 20.0. The molecule has 0 fully saturated rings. The van der Waals surface area contributed by atoms with Gasteiger partial charge in [-0.15, -0.1) is 0 Å². The molecule has 3 aromatic rings. The first-order chi connectivity index (χ1) is 17.5. The summed E-state index contributed by atoms with van der Waals surface area (Å²) in [6.45, 7) is 2.72. The molecule has 9 nitrogen and oxygen atoms in total. The zero-order valence-corrected chi connectivity index (χ0v) is 20.0. The normalized spacial score (nSPS) is 10.5. The summed E-state index contributed by atoms with van der Waals surface area (Å²) in [5.41, 5.74) is 3.60. The summed E-state index contributed by atoms with van der Waals surface area (Å²) >= 11 is 0. The number of benzene rings is 3. The van der Waals surface area contributed by atoms with Crippen molar-refractivity contribution >= 4 is 29.7 Å². The minimum absolute atomic E-state index is 0.349. The Labute approximate surface area is 209 Å². The van der Waals surface area contributed by atoms with Crippen LogP contribution in [0.25, 0.3) is 0 Å². The largest absolute Gasteiger partial charge is 0.497 e. The van der Waals surface area contributed by atoms with Gasteiger partial charge in [0, 0.05) is 11.8 Å². The number of hydrogen-bond acceptors (Lipinski definition) is 7. The van der Waals surface area contributed by atoms with E-state index in [1.165, 1.54) is 13.3 Å². The van der Waals surface area contributed by atoms with Crippen molar-refractivity contribution < 1.29 is 28.6 Å². The Bertz CT molecular complexity index is 1210. The molecule has 0 unspecified atom stereocenters. The van der Waals surface area contributed by atoms with Crippen LogP contribution in [0.4, 0.5) is 5.69 Å². The van der Waals surface area contributed by atoms with Gasteiger partial charge in [0.2, 0.25) is 0 Å². The predicted octanol–water partition coefficient (Wildman–Crippen LogP) is 4.18. The monoisotopic (exact) mass is 489 g/mol. The number of unbranched alkanes of at least 4 members (excludes halogenated alkanes) is 1. The van der Waals surface area contributed by atoms with E-state index in [0.29, 0.717) is 40.7 Å². The van der Waals surface area contributed by atoms with Gasteiger partial charge in [0.15, 0.2) is 0 Å². The Morgan fingerprint density at radius 2 is 1.61 bits per heavy atom. The molecular formula is C27H27N3O6. The van der Waals surface area contributed by atoms with Crippen LogP contribution < -0.4 is 25.0 Å². The molecule has 0 aliphatic heterocycles. The number of carbonyl (C=O) groups excluding carboxylic acids is 3. The van der Waals surface area contributed by atoms with Gasteiger partial charge in [0.1, 0.15) is 17.2 Å². The van der Waals surface area contributed by atoms with Crippen LogP contribution in [0.1, 0.15) is 35.7 Å². The molecule has 0 saturated heterocycles. The van der Waals surface area contributed by atoms with Gasteiger partial charge >= 0.3 is 17.8 Å². The molecular weight excluding hydrogens is 462 g/mol. The summed E-state index contributed by atoms with van der Waals surface area (Å²) in [4.78, 5) is 36.3. The van der Waals surface area contributed by atoms with Gasteiger partial charge in [0.05, 0.1) is 25.5 Å². The Hall–Kier alpha value is -4.66. The third-order valence-electron chi connectivity index (χ3n) is 4.86. The Morgan fingerprint density at radius 1 is 0.889 bits per heavy atom. The first-order valence-corrected chi connectivity index (χ1v) is 11.3. The van der Waals surface area contributed by atoms with Gasteiger partial charge in [-0.05, 0) is 72.6 Å². The van der Waals surface area contributed by atoms with Crippen LogP contribution in [-0.4, -0.2) is 37.7 Å². The van der Waals surface area contributed by atoms with Crippen molar-refractivity contribution in [2.45, 2.75) is 19.8 Å². The second kappa shape index (κ2) is 13.3. The van der Waals surface area contributed by atoms with Gasteiger partial charge in [-0.1, -0.05) is 19.4 Å². The van der Waals surface area contributed by atoms with Crippen molar-refractivity contribution in [3.63, 3.8) is 0 Å². The average molecular weight is 490 g/mol. The fourth-order valence-corrected chi connectivity index (χ4v) is 2.91. The van der Waals surface area contributed by atoms with Crippen molar-refractivity contribution in [1.29, 1.82) is 0 Å². The van der Waals surface area contributed by atoms with E-state index in [0.717, 1.165) is 12.8 Å². The third-order valence-corrected chi connectivity index (χ3v) is 4.86. The number of esters is 1. The number of hydrogen-bond donors (Lipinski definition) is 2. The highest BCUT2D eigenvalue weighted by Crippen LogP contribution is 2.18. The van der Waals surface area contributed by atoms with Crippen LogP contribution in [0.2, 0.25) is 0 Å². The molecule has 2 amide bonds. The fraction of sp³-hybridized carbons (Fsp3) is 0.185. The highest BCUT2D eigenvalue weighted by molar-refractivity contribution is 6.39. The lowest BCUT2D eigenvalue weighted by Crippen LogP contribution is -2.32. The number of amides is 2. The number of nitrogens with zero attached hydrogens (tertiary/aromatic N) is 1. The number of rotatable bonds is 10. The van der Waals surface area contributed by atoms with Gasteiger partial charge in [-0.3, -0.25) is 9.59 Å². The summed E-state index contributed by atoms with van der Waals surface area (Å²) in [7, 11) is 1.50. The van der Waals surface area contributed by atoms with Crippen LogP contribution in [-0.2, 0) is 9.59 Å². The number of nitrogens with one attached hydrogen (secondary N) is 2. The van der Waals surface area contributed by atoms with E-state index >= 15 is 0 Å². The molecule has 186 valence electrons. The minimum Gasteiger partial charge on any atom is -0.497 e. The van der Waals surface area contributed by atoms with E-state index in [2.05, 4.69) is 22.8 Å². The molecule has 3 rings (SSSR count). The van der Waals surface area contributed by atoms with Crippen LogP contribution in [0.3, 0.4) is 0 Å². The number of carbonyl (C=O) groups is 3. The molecule has 0 bridgehead atoms. The summed E-state index contributed by atoms with van der Waals surface area (Å²) < 4.78 is 16.0. The molecule has 0 aromatic heterocycles. The Kier molecular flexibility index (Phi) is 9.58. The smallest absolute Gasteiger partial charge is 0.343 e. The number of methoxy groups -OCH3 is 1. The maximum Gasteiger partial charge on any atom is 0.343 e. The number of hydrazone groups is 1. The van der Waals surface area contributed by atoms with Crippen molar-refractivity contribution in [1.82, 2.24) is 5.43 Å². The Morgan fingerprint density at radius 3 is 2.31 bits per heavy atom. The lowest BCUT2D eigenvalue weighted by molar-refractivity contribution is -0.136. The number of ether oxygens (including phenoxy) is 3. The molecule has 0 spiro atoms. The zero-order chi connectivity index (χ0) is 25.8. The SMILES string of the molecule is CCCCOc1ccc(C(=O)Oc2ccc(/C=N\NC(=O)C(=O)Nc3cccc(OC)c3)cc2)cc1. The van der Waals surface area contributed by atoms with Crippen molar-refractivity contribution in [2.75, 3.05) is 19.0 Å². The van der Waals surface area contributed by atoms with Crippen LogP contribution >= 0.6 is 0 Å². The predicted molar refractivity (Wildman–Crippen MR) is 136 cm³/mol. The summed E-state index contributed by atoms with van der Waals surface area (Å²) in [6.07, 6.45) is 3.38. The summed E-state index contributed by atoms with van der Waals surface area (Å²) in [6, 6.07) is 19.9. The molecule has 2 N–H and O–H groups in total. The van der Waals surface area contributed by atoms with E-state index in [1.807, 2.05) is 0 Å². The highest BCUT2D eigenvalue weighted by atomic mass is 16.5. The van der Waals surface area contributed by atoms with Crippen molar-refractivity contribution in [3.8, 4) is 17.2 Å². The molecule has 0 aliphatic rings. The van der Waals surface area contributed by atoms with Crippen LogP contribution in [0.15, 0.2) is 77.9 Å². The van der Waals surface area contributed by atoms with E-state index in [-0.39, 0.29) is 0 Å². The Balaban J connectivity index is 1.47. The molecule has 0 heterocycles. The van der Waals surface area contributed by atoms with E-state index in [9.17, 15) is 14.4 Å². The maximum atomic E-state index is 12.4. The molecule has 36 heavy (non-hydrogen) atoms. The molecule has 0 saturated carbocycles. The molecule has 0 radical (unpaired) electrons. The summed E-state index contributed by atoms with van der Waals surface area (Å²) in [5, 5.41) is 6.24. The van der Waals surface area contributed by atoms with Crippen molar-refractivity contribution in [3.05, 3.63) is 83.9 Å². The third kappa shape index (κ3) is 7.98. The average Bonchev–Trinajstić information content (AvgIpc) is 2.90. The molecule has 0 atom stereocenters. The second-order valence-electron chi connectivity index (χ2n) is 7.57. The highest BCUT2D eigenvalue weighted by Gasteiger charge is 2.13. The lowest BCUT2D eigenvalue weighted by atomic mass is 10.2. The van der Waals surface area contributed by atoms with Crippen LogP contribution in [0, 0.1) is 0 Å². The van der Waals surface area contributed by atoms with E-state index in [4.69, 9.17) is 14.2 Å². The number of anilines is 1. The summed E-state index contributed by atoms with van der Waals surface area (Å²) in [5.74, 6) is -0.697. The standard InChI is InChI=1S/C27H27N3O6/c1-3-4-16-35-22-14-10-20(11-15-22)27(33)36-23-12-8-19(9-13-23)18-28-30-26(32)25(31)29-21-6-5-7-24(17-21)34-2/h5-15,17-18H,3-4,16H2,1-2H3,(H,29,31)(H,30,32)/b28-18-. The van der Waals surface area contributed by atoms with Gasteiger partial charge in [-0.2, -0.15) is 5.10 Å². The molecule has 9 heteroatoms. The van der Waals surface area contributed by atoms with Crippen molar-refractivity contribution in [2.24, 2.45) is 5.10 Å². The minimum atomic E-state index is -0.929. The first kappa shape index (κ1) is 26.0. The fourth-order valence-electron chi connectivity index (χ4n) is 2.91. The van der Waals surface area contributed by atoms with E-state index < -0.39 is 17.8 Å². The maximum absolute atomic E-state index is 12.4. The van der Waals surface area contributed by atoms with Gasteiger partial charge < -0.3 is 19.5 Å².